The Morgan fingerprint density at radius 2 is 1.79 bits per heavy atom. The molecule has 0 radical (unpaired) electrons. The Morgan fingerprint density at radius 1 is 1.21 bits per heavy atom. The van der Waals surface area contributed by atoms with E-state index in [2.05, 4.69) is 13.8 Å². The summed E-state index contributed by atoms with van der Waals surface area (Å²) in [6, 6.07) is 0. The van der Waals surface area contributed by atoms with Gasteiger partial charge in [-0.05, 0) is 44.4 Å². The molecule has 3 nitrogen and oxygen atoms in total. The molecule has 1 fully saturated rings. The lowest BCUT2D eigenvalue weighted by Crippen LogP contribution is -2.34. The molecule has 1 aliphatic rings. The van der Waals surface area contributed by atoms with Gasteiger partial charge < -0.3 is 4.74 Å². The van der Waals surface area contributed by atoms with Crippen LogP contribution in [-0.4, -0.2) is 18.4 Å². The largest absolute Gasteiger partial charge is 0.465 e. The average molecular weight is 268 g/mol. The Hall–Kier alpha value is -0.860. The summed E-state index contributed by atoms with van der Waals surface area (Å²) in [4.78, 5) is 24.4. The van der Waals surface area contributed by atoms with Crippen LogP contribution in [0.5, 0.6) is 0 Å². The van der Waals surface area contributed by atoms with Crippen LogP contribution in [0, 0.1) is 17.3 Å². The van der Waals surface area contributed by atoms with E-state index in [4.69, 9.17) is 4.74 Å². The molecule has 1 atom stereocenters. The molecule has 0 aromatic carbocycles. The molecular formula is C16H28O3. The molecular weight excluding hydrogens is 240 g/mol. The fourth-order valence-electron chi connectivity index (χ4n) is 2.88. The number of ether oxygens (including phenoxy) is 1. The minimum atomic E-state index is -0.531. The van der Waals surface area contributed by atoms with Crippen molar-refractivity contribution in [2.45, 2.75) is 66.2 Å². The van der Waals surface area contributed by atoms with Crippen molar-refractivity contribution < 1.29 is 14.3 Å². The third-order valence-electron chi connectivity index (χ3n) is 4.23. The van der Waals surface area contributed by atoms with Gasteiger partial charge in [-0.1, -0.05) is 27.2 Å². The maximum absolute atomic E-state index is 12.5. The van der Waals surface area contributed by atoms with E-state index in [1.807, 2.05) is 6.92 Å². The Balaban J connectivity index is 2.64. The lowest BCUT2D eigenvalue weighted by molar-refractivity contribution is -0.153. The number of Topliss-reactive ketones (excluding diaryl/α,β-unsaturated/α-hetero) is 1. The van der Waals surface area contributed by atoms with E-state index in [1.165, 1.54) is 0 Å². The van der Waals surface area contributed by atoms with Gasteiger partial charge in [0.15, 0.2) is 0 Å². The van der Waals surface area contributed by atoms with E-state index in [-0.39, 0.29) is 17.7 Å². The van der Waals surface area contributed by atoms with Gasteiger partial charge >= 0.3 is 5.97 Å². The summed E-state index contributed by atoms with van der Waals surface area (Å²) in [5, 5.41) is 0. The van der Waals surface area contributed by atoms with Gasteiger partial charge in [0.2, 0.25) is 0 Å². The fourth-order valence-corrected chi connectivity index (χ4v) is 2.88. The van der Waals surface area contributed by atoms with Gasteiger partial charge in [0.25, 0.3) is 0 Å². The zero-order chi connectivity index (χ0) is 14.5. The molecule has 0 aliphatic heterocycles. The standard InChI is InChI=1S/C16H28O3/c1-5-7-13(15(18)19-6-2)14(17)12-8-10-16(3,4)11-9-12/h12-13H,5-11H2,1-4H3. The van der Waals surface area contributed by atoms with E-state index in [0.29, 0.717) is 18.4 Å². The van der Waals surface area contributed by atoms with Gasteiger partial charge in [-0.3, -0.25) is 9.59 Å². The molecule has 0 amide bonds. The molecule has 1 aliphatic carbocycles. The van der Waals surface area contributed by atoms with Crippen molar-refractivity contribution in [3.8, 4) is 0 Å². The van der Waals surface area contributed by atoms with E-state index < -0.39 is 5.92 Å². The first-order valence-electron chi connectivity index (χ1n) is 7.61. The molecule has 0 N–H and O–H groups in total. The van der Waals surface area contributed by atoms with Gasteiger partial charge in [-0.2, -0.15) is 0 Å². The Kier molecular flexibility index (Phi) is 6.02. The van der Waals surface area contributed by atoms with Gasteiger partial charge in [0, 0.05) is 5.92 Å². The summed E-state index contributed by atoms with van der Waals surface area (Å²) >= 11 is 0. The van der Waals surface area contributed by atoms with Crippen molar-refractivity contribution in [1.82, 2.24) is 0 Å². The zero-order valence-electron chi connectivity index (χ0n) is 12.8. The van der Waals surface area contributed by atoms with E-state index in [0.717, 1.165) is 32.1 Å². The predicted octanol–water partition coefficient (Wildman–Crippen LogP) is 3.75. The summed E-state index contributed by atoms with van der Waals surface area (Å²) < 4.78 is 5.05. The van der Waals surface area contributed by atoms with Crippen LogP contribution in [0.4, 0.5) is 0 Å². The van der Waals surface area contributed by atoms with Gasteiger partial charge in [-0.25, -0.2) is 0 Å². The highest BCUT2D eigenvalue weighted by atomic mass is 16.5. The highest BCUT2D eigenvalue weighted by Gasteiger charge is 2.36. The van der Waals surface area contributed by atoms with Crippen molar-refractivity contribution in [3.05, 3.63) is 0 Å². The normalized spacial score (nSPS) is 20.8. The minimum absolute atomic E-state index is 0.0639. The topological polar surface area (TPSA) is 43.4 Å². The summed E-state index contributed by atoms with van der Waals surface area (Å²) in [7, 11) is 0. The van der Waals surface area contributed by atoms with Crippen molar-refractivity contribution in [1.29, 1.82) is 0 Å². The summed E-state index contributed by atoms with van der Waals surface area (Å²) in [6.07, 6.45) is 5.46. The second-order valence-corrected chi connectivity index (χ2v) is 6.43. The molecule has 3 heteroatoms. The first-order valence-corrected chi connectivity index (χ1v) is 7.61. The number of carbonyl (C=O) groups is 2. The monoisotopic (exact) mass is 268 g/mol. The minimum Gasteiger partial charge on any atom is -0.465 e. The molecule has 0 aromatic heterocycles. The zero-order valence-corrected chi connectivity index (χ0v) is 12.8. The van der Waals surface area contributed by atoms with Crippen LogP contribution >= 0.6 is 0 Å². The summed E-state index contributed by atoms with van der Waals surface area (Å²) in [6.45, 7) is 8.65. The number of esters is 1. The number of hydrogen-bond acceptors (Lipinski definition) is 3. The van der Waals surface area contributed by atoms with Crippen molar-refractivity contribution in [2.24, 2.45) is 17.3 Å². The molecule has 0 saturated heterocycles. The molecule has 1 rings (SSSR count). The van der Waals surface area contributed by atoms with Crippen LogP contribution in [0.3, 0.4) is 0 Å². The fraction of sp³-hybridized carbons (Fsp3) is 0.875. The smallest absolute Gasteiger partial charge is 0.316 e. The molecule has 0 heterocycles. The number of rotatable bonds is 6. The number of ketones is 1. The van der Waals surface area contributed by atoms with Gasteiger partial charge in [0.05, 0.1) is 6.61 Å². The van der Waals surface area contributed by atoms with E-state index in [1.54, 1.807) is 6.92 Å². The van der Waals surface area contributed by atoms with Gasteiger partial charge in [0.1, 0.15) is 11.7 Å². The van der Waals surface area contributed by atoms with Crippen LogP contribution in [0.15, 0.2) is 0 Å². The lowest BCUT2D eigenvalue weighted by atomic mass is 9.70. The molecule has 1 unspecified atom stereocenters. The SMILES string of the molecule is CCCC(C(=O)OCC)C(=O)C1CCC(C)(C)CC1. The third kappa shape index (κ3) is 4.63. The quantitative estimate of drug-likeness (QED) is 0.544. The van der Waals surface area contributed by atoms with Crippen molar-refractivity contribution in [2.75, 3.05) is 6.61 Å². The van der Waals surface area contributed by atoms with Crippen LogP contribution < -0.4 is 0 Å². The van der Waals surface area contributed by atoms with Crippen LogP contribution in [-0.2, 0) is 14.3 Å². The number of hydrogen-bond donors (Lipinski definition) is 0. The van der Waals surface area contributed by atoms with Crippen LogP contribution in [0.25, 0.3) is 0 Å². The molecule has 1 saturated carbocycles. The second-order valence-electron chi connectivity index (χ2n) is 6.43. The number of carbonyl (C=O) groups excluding carboxylic acids is 2. The van der Waals surface area contributed by atoms with E-state index in [9.17, 15) is 9.59 Å². The van der Waals surface area contributed by atoms with E-state index >= 15 is 0 Å². The van der Waals surface area contributed by atoms with Crippen LogP contribution in [0.2, 0.25) is 0 Å². The Bertz CT molecular complexity index is 310. The summed E-state index contributed by atoms with van der Waals surface area (Å²) in [5.41, 5.74) is 0.348. The maximum atomic E-state index is 12.5. The highest BCUT2D eigenvalue weighted by Crippen LogP contribution is 2.39. The van der Waals surface area contributed by atoms with Gasteiger partial charge in [-0.15, -0.1) is 0 Å². The second kappa shape index (κ2) is 7.06. The Morgan fingerprint density at radius 3 is 2.26 bits per heavy atom. The maximum Gasteiger partial charge on any atom is 0.316 e. The molecule has 0 aromatic rings. The Labute approximate surface area is 117 Å². The predicted molar refractivity (Wildman–Crippen MR) is 75.8 cm³/mol. The summed E-state index contributed by atoms with van der Waals surface area (Å²) in [5.74, 6) is -0.667. The molecule has 110 valence electrons. The highest BCUT2D eigenvalue weighted by molar-refractivity contribution is 6.00. The average Bonchev–Trinajstić information content (AvgIpc) is 2.35. The van der Waals surface area contributed by atoms with Crippen molar-refractivity contribution in [3.63, 3.8) is 0 Å². The molecule has 0 bridgehead atoms. The lowest BCUT2D eigenvalue weighted by Gasteiger charge is -2.34. The first kappa shape index (κ1) is 16.2. The molecule has 0 spiro atoms. The third-order valence-corrected chi connectivity index (χ3v) is 4.23. The van der Waals surface area contributed by atoms with Crippen LogP contribution in [0.1, 0.15) is 66.2 Å². The first-order chi connectivity index (χ1) is 8.91. The van der Waals surface area contributed by atoms with Crippen molar-refractivity contribution >= 4 is 11.8 Å². The molecule has 19 heavy (non-hydrogen) atoms.